The zero-order chi connectivity index (χ0) is 10.7. The first-order chi connectivity index (χ1) is 7.25. The summed E-state index contributed by atoms with van der Waals surface area (Å²) in [5.41, 5.74) is 0. The van der Waals surface area contributed by atoms with Crippen LogP contribution in [0.25, 0.3) is 0 Å². The molecule has 76 valence electrons. The first-order valence-electron chi connectivity index (χ1n) is 4.43. The number of rotatable bonds is 2. The van der Waals surface area contributed by atoms with E-state index in [0.717, 1.165) is 4.90 Å². The number of benzene rings is 2. The van der Waals surface area contributed by atoms with Gasteiger partial charge >= 0.3 is 0 Å². The Hall–Kier alpha value is -0.990. The molecule has 0 atom stereocenters. The molecule has 0 aromatic heterocycles. The Morgan fingerprint density at radius 1 is 0.933 bits per heavy atom. The van der Waals surface area contributed by atoms with E-state index in [0.29, 0.717) is 9.92 Å². The molecule has 2 rings (SSSR count). The van der Waals surface area contributed by atoms with Crippen molar-refractivity contribution in [2.75, 3.05) is 0 Å². The quantitative estimate of drug-likeness (QED) is 0.735. The van der Waals surface area contributed by atoms with Gasteiger partial charge in [0.2, 0.25) is 0 Å². The molecule has 2 aromatic rings. The Labute approximate surface area is 97.1 Å². The van der Waals surface area contributed by atoms with Crippen LogP contribution < -0.4 is 0 Å². The predicted molar refractivity (Wildman–Crippen MR) is 62.0 cm³/mol. The fourth-order valence-corrected chi connectivity index (χ4v) is 2.12. The topological polar surface area (TPSA) is 0 Å². The van der Waals surface area contributed by atoms with Crippen LogP contribution in [-0.4, -0.2) is 0 Å². The van der Waals surface area contributed by atoms with E-state index < -0.39 is 0 Å². The van der Waals surface area contributed by atoms with Crippen LogP contribution in [0.15, 0.2) is 58.3 Å². The molecule has 0 saturated carbocycles. The van der Waals surface area contributed by atoms with E-state index in [1.54, 1.807) is 24.3 Å². The maximum Gasteiger partial charge on any atom is 0.137 e. The minimum absolute atomic E-state index is 0.197. The summed E-state index contributed by atoms with van der Waals surface area (Å²) in [5.74, 6) is -0.197. The second-order valence-electron chi connectivity index (χ2n) is 2.99. The predicted octanol–water partition coefficient (Wildman–Crippen LogP) is 4.63. The molecule has 0 saturated heterocycles. The van der Waals surface area contributed by atoms with Crippen molar-refractivity contribution >= 4 is 23.4 Å². The van der Waals surface area contributed by atoms with Crippen molar-refractivity contribution in [3.63, 3.8) is 0 Å². The molecular formula is C12H8ClFS. The molecule has 0 amide bonds. The van der Waals surface area contributed by atoms with Gasteiger partial charge in [-0.25, -0.2) is 4.39 Å². The molecule has 0 spiro atoms. The van der Waals surface area contributed by atoms with Crippen molar-refractivity contribution in [1.82, 2.24) is 0 Å². The zero-order valence-corrected chi connectivity index (χ0v) is 9.36. The first kappa shape index (κ1) is 10.5. The van der Waals surface area contributed by atoms with Gasteiger partial charge in [-0.15, -0.1) is 0 Å². The molecule has 3 heteroatoms. The highest BCUT2D eigenvalue weighted by molar-refractivity contribution is 7.99. The van der Waals surface area contributed by atoms with Crippen LogP contribution in [0.2, 0.25) is 5.02 Å². The first-order valence-corrected chi connectivity index (χ1v) is 5.63. The fraction of sp³-hybridized carbons (Fsp3) is 0. The summed E-state index contributed by atoms with van der Waals surface area (Å²) in [6.07, 6.45) is 0. The van der Waals surface area contributed by atoms with Crippen LogP contribution in [0, 0.1) is 5.82 Å². The van der Waals surface area contributed by atoms with Gasteiger partial charge in [0.1, 0.15) is 5.82 Å². The summed E-state index contributed by atoms with van der Waals surface area (Å²) in [4.78, 5) is 1.60. The maximum absolute atomic E-state index is 13.3. The van der Waals surface area contributed by atoms with Crippen molar-refractivity contribution < 1.29 is 4.39 Å². The lowest BCUT2D eigenvalue weighted by Crippen LogP contribution is -1.79. The Kier molecular flexibility index (Phi) is 3.29. The molecule has 0 N–H and O–H groups in total. The highest BCUT2D eigenvalue weighted by atomic mass is 35.5. The van der Waals surface area contributed by atoms with Gasteiger partial charge in [0.25, 0.3) is 0 Å². The van der Waals surface area contributed by atoms with Gasteiger partial charge in [-0.2, -0.15) is 0 Å². The van der Waals surface area contributed by atoms with Gasteiger partial charge in [0, 0.05) is 14.8 Å². The monoisotopic (exact) mass is 238 g/mol. The molecule has 2 aromatic carbocycles. The van der Waals surface area contributed by atoms with Crippen LogP contribution in [-0.2, 0) is 0 Å². The van der Waals surface area contributed by atoms with Gasteiger partial charge in [0.15, 0.2) is 0 Å². The van der Waals surface area contributed by atoms with Crippen LogP contribution in [0.3, 0.4) is 0 Å². The van der Waals surface area contributed by atoms with Gasteiger partial charge in [-0.1, -0.05) is 35.5 Å². The van der Waals surface area contributed by atoms with E-state index in [4.69, 9.17) is 11.6 Å². The van der Waals surface area contributed by atoms with Crippen molar-refractivity contribution in [1.29, 1.82) is 0 Å². The lowest BCUT2D eigenvalue weighted by atomic mass is 10.3. The molecule has 0 nitrogen and oxygen atoms in total. The molecule has 15 heavy (non-hydrogen) atoms. The molecule has 0 aliphatic rings. The van der Waals surface area contributed by atoms with Crippen molar-refractivity contribution in [3.05, 3.63) is 59.4 Å². The Morgan fingerprint density at radius 2 is 1.60 bits per heavy atom. The minimum atomic E-state index is -0.197. The van der Waals surface area contributed by atoms with Crippen LogP contribution in [0.4, 0.5) is 4.39 Å². The summed E-state index contributed by atoms with van der Waals surface area (Å²) in [5, 5.41) is 0.688. The molecule has 0 bridgehead atoms. The number of hydrogen-bond acceptors (Lipinski definition) is 1. The molecule has 0 radical (unpaired) electrons. The lowest BCUT2D eigenvalue weighted by molar-refractivity contribution is 0.602. The second-order valence-corrected chi connectivity index (χ2v) is 4.54. The summed E-state index contributed by atoms with van der Waals surface area (Å²) in [7, 11) is 0. The van der Waals surface area contributed by atoms with E-state index in [-0.39, 0.29) is 5.82 Å². The fourth-order valence-electron chi connectivity index (χ4n) is 1.16. The van der Waals surface area contributed by atoms with Crippen LogP contribution >= 0.6 is 23.4 Å². The largest absolute Gasteiger partial charge is 0.206 e. The average molecular weight is 239 g/mol. The lowest BCUT2D eigenvalue weighted by Gasteiger charge is -2.02. The van der Waals surface area contributed by atoms with Crippen molar-refractivity contribution in [2.24, 2.45) is 0 Å². The van der Waals surface area contributed by atoms with E-state index in [2.05, 4.69) is 0 Å². The molecule has 0 fully saturated rings. The number of hydrogen-bond donors (Lipinski definition) is 0. The normalized spacial score (nSPS) is 10.3. The van der Waals surface area contributed by atoms with E-state index in [1.165, 1.54) is 17.8 Å². The molecule has 0 unspecified atom stereocenters. The van der Waals surface area contributed by atoms with Gasteiger partial charge < -0.3 is 0 Å². The standard InChI is InChI=1S/C12H8ClFS/c13-9-5-7-10(8-6-9)15-12-4-2-1-3-11(12)14/h1-8H. The smallest absolute Gasteiger partial charge is 0.137 e. The highest BCUT2D eigenvalue weighted by Crippen LogP contribution is 2.30. The van der Waals surface area contributed by atoms with Crippen LogP contribution in [0.5, 0.6) is 0 Å². The van der Waals surface area contributed by atoms with Gasteiger partial charge in [0.05, 0.1) is 0 Å². The Bertz CT molecular complexity index is 453. The summed E-state index contributed by atoms with van der Waals surface area (Å²) in [6.45, 7) is 0. The minimum Gasteiger partial charge on any atom is -0.206 e. The average Bonchev–Trinajstić information content (AvgIpc) is 2.25. The zero-order valence-electron chi connectivity index (χ0n) is 7.78. The van der Waals surface area contributed by atoms with E-state index >= 15 is 0 Å². The Morgan fingerprint density at radius 3 is 2.27 bits per heavy atom. The molecular weight excluding hydrogens is 231 g/mol. The van der Waals surface area contributed by atoms with Crippen LogP contribution in [0.1, 0.15) is 0 Å². The molecule has 0 aliphatic heterocycles. The number of halogens is 2. The summed E-state index contributed by atoms with van der Waals surface area (Å²) < 4.78 is 13.3. The summed E-state index contributed by atoms with van der Waals surface area (Å²) >= 11 is 7.15. The third-order valence-corrected chi connectivity index (χ3v) is 3.19. The SMILES string of the molecule is Fc1ccccc1Sc1ccc(Cl)cc1. The van der Waals surface area contributed by atoms with Gasteiger partial charge in [-0.05, 0) is 36.4 Å². The van der Waals surface area contributed by atoms with E-state index in [9.17, 15) is 4.39 Å². The van der Waals surface area contributed by atoms with E-state index in [1.807, 2.05) is 18.2 Å². The van der Waals surface area contributed by atoms with Gasteiger partial charge in [-0.3, -0.25) is 0 Å². The Balaban J connectivity index is 2.22. The van der Waals surface area contributed by atoms with Crippen molar-refractivity contribution in [2.45, 2.75) is 9.79 Å². The third-order valence-electron chi connectivity index (χ3n) is 1.88. The highest BCUT2D eigenvalue weighted by Gasteiger charge is 2.02. The molecule has 0 heterocycles. The molecule has 0 aliphatic carbocycles. The second kappa shape index (κ2) is 4.69. The van der Waals surface area contributed by atoms with Crippen molar-refractivity contribution in [3.8, 4) is 0 Å². The summed E-state index contributed by atoms with van der Waals surface area (Å²) in [6, 6.07) is 14.1. The third kappa shape index (κ3) is 2.74. The maximum atomic E-state index is 13.3.